The maximum atomic E-state index is 4.32. The average Bonchev–Trinajstić information content (AvgIpc) is 2.50. The molecule has 1 aromatic heterocycles. The SMILES string of the molecule is C=CCn1ccc(CNCC)n1. The van der Waals surface area contributed by atoms with Crippen molar-refractivity contribution in [1.29, 1.82) is 0 Å². The van der Waals surface area contributed by atoms with Crippen molar-refractivity contribution in [3.05, 3.63) is 30.6 Å². The molecule has 0 aliphatic carbocycles. The van der Waals surface area contributed by atoms with Crippen molar-refractivity contribution in [2.45, 2.75) is 20.0 Å². The van der Waals surface area contributed by atoms with Crippen LogP contribution in [0.1, 0.15) is 12.6 Å². The first kappa shape index (κ1) is 9.00. The Morgan fingerprint density at radius 3 is 3.25 bits per heavy atom. The molecule has 0 fully saturated rings. The lowest BCUT2D eigenvalue weighted by atomic mass is 10.4. The zero-order chi connectivity index (χ0) is 8.81. The van der Waals surface area contributed by atoms with E-state index in [9.17, 15) is 0 Å². The second kappa shape index (κ2) is 4.72. The van der Waals surface area contributed by atoms with Crippen molar-refractivity contribution in [1.82, 2.24) is 15.1 Å². The van der Waals surface area contributed by atoms with Crippen molar-refractivity contribution in [2.24, 2.45) is 0 Å². The summed E-state index contributed by atoms with van der Waals surface area (Å²) in [5.41, 5.74) is 1.08. The monoisotopic (exact) mass is 165 g/mol. The summed E-state index contributed by atoms with van der Waals surface area (Å²) in [6, 6.07) is 2.02. The summed E-state index contributed by atoms with van der Waals surface area (Å²) < 4.78 is 1.87. The number of rotatable bonds is 5. The van der Waals surface area contributed by atoms with Crippen LogP contribution in [0.5, 0.6) is 0 Å². The molecule has 0 bridgehead atoms. The van der Waals surface area contributed by atoms with Crippen LogP contribution in [0, 0.1) is 0 Å². The molecule has 3 nitrogen and oxygen atoms in total. The highest BCUT2D eigenvalue weighted by Gasteiger charge is 1.95. The Hall–Kier alpha value is -1.09. The third kappa shape index (κ3) is 2.51. The summed E-state index contributed by atoms with van der Waals surface area (Å²) in [6.07, 6.45) is 3.80. The molecule has 66 valence electrons. The van der Waals surface area contributed by atoms with Gasteiger partial charge in [0.05, 0.1) is 12.2 Å². The Bertz CT molecular complexity index is 240. The first-order valence-corrected chi connectivity index (χ1v) is 4.20. The first-order chi connectivity index (χ1) is 5.86. The summed E-state index contributed by atoms with van der Waals surface area (Å²) in [6.45, 7) is 8.35. The number of aromatic nitrogens is 2. The summed E-state index contributed by atoms with van der Waals surface area (Å²) in [5.74, 6) is 0. The zero-order valence-electron chi connectivity index (χ0n) is 7.45. The maximum Gasteiger partial charge on any atom is 0.0762 e. The highest BCUT2D eigenvalue weighted by atomic mass is 15.3. The maximum absolute atomic E-state index is 4.32. The molecule has 0 atom stereocenters. The van der Waals surface area contributed by atoms with Gasteiger partial charge in [0.25, 0.3) is 0 Å². The molecule has 1 rings (SSSR count). The Morgan fingerprint density at radius 1 is 1.75 bits per heavy atom. The van der Waals surface area contributed by atoms with Gasteiger partial charge in [-0.1, -0.05) is 13.0 Å². The minimum atomic E-state index is 0.784. The lowest BCUT2D eigenvalue weighted by Gasteiger charge is -1.96. The Labute approximate surface area is 73.1 Å². The van der Waals surface area contributed by atoms with Crippen LogP contribution < -0.4 is 5.32 Å². The molecule has 0 spiro atoms. The molecule has 0 unspecified atom stereocenters. The van der Waals surface area contributed by atoms with Gasteiger partial charge in [-0.05, 0) is 12.6 Å². The third-order valence-electron chi connectivity index (χ3n) is 1.57. The Balaban J connectivity index is 2.46. The number of hydrogen-bond acceptors (Lipinski definition) is 2. The van der Waals surface area contributed by atoms with Crippen molar-refractivity contribution in [3.63, 3.8) is 0 Å². The highest BCUT2D eigenvalue weighted by Crippen LogP contribution is 1.94. The van der Waals surface area contributed by atoms with Crippen molar-refractivity contribution in [3.8, 4) is 0 Å². The summed E-state index contributed by atoms with van der Waals surface area (Å²) in [5, 5.41) is 7.54. The predicted molar refractivity (Wildman–Crippen MR) is 49.8 cm³/mol. The van der Waals surface area contributed by atoms with Gasteiger partial charge in [-0.25, -0.2) is 0 Å². The molecule has 3 heteroatoms. The molecular weight excluding hydrogens is 150 g/mol. The van der Waals surface area contributed by atoms with Crippen LogP contribution in [-0.4, -0.2) is 16.3 Å². The molecule has 1 heterocycles. The zero-order valence-corrected chi connectivity index (χ0v) is 7.45. The van der Waals surface area contributed by atoms with Crippen molar-refractivity contribution < 1.29 is 0 Å². The molecule has 0 aromatic carbocycles. The second-order valence-corrected chi connectivity index (χ2v) is 2.60. The fourth-order valence-electron chi connectivity index (χ4n) is 0.985. The van der Waals surface area contributed by atoms with Gasteiger partial charge in [-0.3, -0.25) is 4.68 Å². The van der Waals surface area contributed by atoms with E-state index in [4.69, 9.17) is 0 Å². The third-order valence-corrected chi connectivity index (χ3v) is 1.57. The van der Waals surface area contributed by atoms with Crippen molar-refractivity contribution >= 4 is 0 Å². The van der Waals surface area contributed by atoms with Gasteiger partial charge in [0.15, 0.2) is 0 Å². The van der Waals surface area contributed by atoms with E-state index in [1.54, 1.807) is 0 Å². The predicted octanol–water partition coefficient (Wildman–Crippen LogP) is 1.18. The number of hydrogen-bond donors (Lipinski definition) is 1. The van der Waals surface area contributed by atoms with Crippen LogP contribution in [0.15, 0.2) is 24.9 Å². The van der Waals surface area contributed by atoms with Gasteiger partial charge in [0.1, 0.15) is 0 Å². The summed E-state index contributed by atoms with van der Waals surface area (Å²) >= 11 is 0. The molecule has 12 heavy (non-hydrogen) atoms. The molecule has 0 aliphatic rings. The normalized spacial score (nSPS) is 10.1. The van der Waals surface area contributed by atoms with Gasteiger partial charge in [-0.15, -0.1) is 6.58 Å². The van der Waals surface area contributed by atoms with Crippen LogP contribution in [0.4, 0.5) is 0 Å². The van der Waals surface area contributed by atoms with Crippen LogP contribution in [0.3, 0.4) is 0 Å². The van der Waals surface area contributed by atoms with E-state index in [1.165, 1.54) is 0 Å². The average molecular weight is 165 g/mol. The number of nitrogens with zero attached hydrogens (tertiary/aromatic N) is 2. The van der Waals surface area contributed by atoms with Gasteiger partial charge in [-0.2, -0.15) is 5.10 Å². The quantitative estimate of drug-likeness (QED) is 0.664. The largest absolute Gasteiger partial charge is 0.311 e. The minimum absolute atomic E-state index is 0.784. The Kier molecular flexibility index (Phi) is 3.54. The van der Waals surface area contributed by atoms with Gasteiger partial charge >= 0.3 is 0 Å². The molecule has 0 saturated carbocycles. The Morgan fingerprint density at radius 2 is 2.58 bits per heavy atom. The van der Waals surface area contributed by atoms with Crippen LogP contribution >= 0.6 is 0 Å². The molecule has 0 amide bonds. The van der Waals surface area contributed by atoms with Crippen LogP contribution in [-0.2, 0) is 13.1 Å². The molecule has 1 N–H and O–H groups in total. The smallest absolute Gasteiger partial charge is 0.0762 e. The van der Waals surface area contributed by atoms with E-state index in [2.05, 4.69) is 23.9 Å². The second-order valence-electron chi connectivity index (χ2n) is 2.60. The molecule has 1 aromatic rings. The highest BCUT2D eigenvalue weighted by molar-refractivity contribution is 4.98. The van der Waals surface area contributed by atoms with E-state index >= 15 is 0 Å². The topological polar surface area (TPSA) is 29.9 Å². The lowest BCUT2D eigenvalue weighted by molar-refractivity contribution is 0.652. The lowest BCUT2D eigenvalue weighted by Crippen LogP contribution is -2.12. The molecule has 0 saturated heterocycles. The van der Waals surface area contributed by atoms with Crippen molar-refractivity contribution in [2.75, 3.05) is 6.54 Å². The van der Waals surface area contributed by atoms with Gasteiger partial charge < -0.3 is 5.32 Å². The summed E-state index contributed by atoms with van der Waals surface area (Å²) in [4.78, 5) is 0. The van der Waals surface area contributed by atoms with Gasteiger partial charge in [0, 0.05) is 12.7 Å². The van der Waals surface area contributed by atoms with E-state index in [0.29, 0.717) is 0 Å². The summed E-state index contributed by atoms with van der Waals surface area (Å²) in [7, 11) is 0. The first-order valence-electron chi connectivity index (χ1n) is 4.20. The number of allylic oxidation sites excluding steroid dienone is 1. The molecular formula is C9H15N3. The van der Waals surface area contributed by atoms with E-state index in [1.807, 2.05) is 23.0 Å². The fraction of sp³-hybridized carbons (Fsp3) is 0.444. The van der Waals surface area contributed by atoms with Crippen LogP contribution in [0.2, 0.25) is 0 Å². The fourth-order valence-corrected chi connectivity index (χ4v) is 0.985. The van der Waals surface area contributed by atoms with E-state index in [-0.39, 0.29) is 0 Å². The standard InChI is InChI=1S/C9H15N3/c1-3-6-12-7-5-9(11-12)8-10-4-2/h3,5,7,10H,1,4,6,8H2,2H3. The van der Waals surface area contributed by atoms with E-state index < -0.39 is 0 Å². The van der Waals surface area contributed by atoms with E-state index in [0.717, 1.165) is 25.3 Å². The van der Waals surface area contributed by atoms with Gasteiger partial charge in [0.2, 0.25) is 0 Å². The van der Waals surface area contributed by atoms with Crippen LogP contribution in [0.25, 0.3) is 0 Å². The molecule has 0 aliphatic heterocycles. The minimum Gasteiger partial charge on any atom is -0.311 e. The molecule has 0 radical (unpaired) electrons. The number of nitrogens with one attached hydrogen (secondary N) is 1.